The highest BCUT2D eigenvalue weighted by molar-refractivity contribution is 7.91. The van der Waals surface area contributed by atoms with E-state index in [1.165, 1.54) is 35.9 Å². The van der Waals surface area contributed by atoms with E-state index in [1.807, 2.05) is 6.07 Å². The molecule has 1 aliphatic rings. The fraction of sp³-hybridized carbons (Fsp3) is 0.545. The number of aromatic nitrogens is 1. The van der Waals surface area contributed by atoms with Crippen molar-refractivity contribution in [3.63, 3.8) is 0 Å². The fourth-order valence-corrected chi connectivity index (χ4v) is 4.72. The molecule has 27 heavy (non-hydrogen) atoms. The number of likely N-dealkylation sites (tertiary alicyclic amines) is 1. The normalized spacial score (nSPS) is 18.3. The average Bonchev–Trinajstić information content (AvgIpc) is 3.25. The molecule has 0 aliphatic carbocycles. The van der Waals surface area contributed by atoms with E-state index in [4.69, 9.17) is 0 Å². The van der Waals surface area contributed by atoms with Crippen LogP contribution in [0.15, 0.2) is 36.0 Å². The summed E-state index contributed by atoms with van der Waals surface area (Å²) in [5.41, 5.74) is 4.97. The van der Waals surface area contributed by atoms with E-state index in [0.29, 0.717) is 12.5 Å². The van der Waals surface area contributed by atoms with Crippen LogP contribution in [0.3, 0.4) is 0 Å². The number of benzene rings is 1. The second-order valence-electron chi connectivity index (χ2n) is 7.96. The summed E-state index contributed by atoms with van der Waals surface area (Å²) in [6, 6.07) is 6.90. The van der Waals surface area contributed by atoms with Crippen LogP contribution in [0.5, 0.6) is 0 Å². The number of aromatic amines is 1. The summed E-state index contributed by atoms with van der Waals surface area (Å²) in [7, 11) is -2.93. The Balaban J connectivity index is 1.75. The van der Waals surface area contributed by atoms with Crippen molar-refractivity contribution in [2.24, 2.45) is 0 Å². The van der Waals surface area contributed by atoms with Gasteiger partial charge in [-0.1, -0.05) is 24.6 Å². The predicted octanol–water partition coefficient (Wildman–Crippen LogP) is 4.12. The number of hydrogen-bond acceptors (Lipinski definition) is 3. The number of fused-ring (bicyclic) bond motifs is 1. The second kappa shape index (κ2) is 8.61. The lowest BCUT2D eigenvalue weighted by molar-refractivity contribution is 0.279. The van der Waals surface area contributed by atoms with Crippen molar-refractivity contribution in [2.45, 2.75) is 52.5 Å². The maximum absolute atomic E-state index is 11.8. The number of aryl methyl sites for hydroxylation is 1. The van der Waals surface area contributed by atoms with Gasteiger partial charge in [0.2, 0.25) is 0 Å². The van der Waals surface area contributed by atoms with Gasteiger partial charge in [0.1, 0.15) is 9.84 Å². The summed E-state index contributed by atoms with van der Waals surface area (Å²) in [5.74, 6) is 0.446. The predicted molar refractivity (Wildman–Crippen MR) is 114 cm³/mol. The van der Waals surface area contributed by atoms with Gasteiger partial charge in [-0.15, -0.1) is 0 Å². The molecule has 0 spiro atoms. The largest absolute Gasteiger partial charge is 0.361 e. The van der Waals surface area contributed by atoms with Crippen LogP contribution in [0.25, 0.3) is 10.9 Å². The molecule has 1 fully saturated rings. The van der Waals surface area contributed by atoms with Gasteiger partial charge in [0, 0.05) is 35.4 Å². The zero-order chi connectivity index (χ0) is 19.4. The molecule has 148 valence electrons. The van der Waals surface area contributed by atoms with Crippen molar-refractivity contribution in [2.75, 3.05) is 24.6 Å². The molecule has 3 rings (SSSR count). The molecule has 0 saturated carbocycles. The molecule has 1 aromatic heterocycles. The number of H-pyrrole nitrogens is 1. The summed E-state index contributed by atoms with van der Waals surface area (Å²) in [6.45, 7) is 8.24. The molecule has 2 heterocycles. The Labute approximate surface area is 163 Å². The number of nitrogens with one attached hydrogen (secondary N) is 1. The number of sulfone groups is 1. The molecule has 0 amide bonds. The molecule has 5 heteroatoms. The highest BCUT2D eigenvalue weighted by Crippen LogP contribution is 2.26. The molecule has 0 bridgehead atoms. The quantitative estimate of drug-likeness (QED) is 0.692. The first-order valence-corrected chi connectivity index (χ1v) is 11.9. The van der Waals surface area contributed by atoms with Gasteiger partial charge in [-0.2, -0.15) is 0 Å². The van der Waals surface area contributed by atoms with Crippen LogP contribution in [0, 0.1) is 0 Å². The number of rotatable bonds is 8. The van der Waals surface area contributed by atoms with Gasteiger partial charge in [0.05, 0.1) is 5.75 Å². The Bertz CT molecular complexity index is 908. The van der Waals surface area contributed by atoms with E-state index >= 15 is 0 Å². The molecule has 1 aliphatic heterocycles. The van der Waals surface area contributed by atoms with Gasteiger partial charge in [-0.3, -0.25) is 4.90 Å². The zero-order valence-corrected chi connectivity index (χ0v) is 17.6. The zero-order valence-electron chi connectivity index (χ0n) is 16.8. The maximum Gasteiger partial charge on any atom is 0.150 e. The second-order valence-corrected chi connectivity index (χ2v) is 10.4. The molecular formula is C22H32N2O2S. The van der Waals surface area contributed by atoms with Crippen LogP contribution in [-0.2, 0) is 22.7 Å². The lowest BCUT2D eigenvalue weighted by Crippen LogP contribution is -2.31. The molecule has 0 radical (unpaired) electrons. The van der Waals surface area contributed by atoms with Crippen LogP contribution in [0.4, 0.5) is 0 Å². The lowest BCUT2D eigenvalue weighted by atomic mass is 10.0. The van der Waals surface area contributed by atoms with E-state index in [1.54, 1.807) is 6.92 Å². The number of hydrogen-bond donors (Lipinski definition) is 1. The first kappa shape index (κ1) is 20.2. The Morgan fingerprint density at radius 1 is 1.33 bits per heavy atom. The SMILES string of the molecule is CCS(=O)(=O)CCc1ccc2[nH]cc(C[C@H]3CCCN3CC=C(C)C)c2c1. The lowest BCUT2D eigenvalue weighted by Gasteiger charge is -2.23. The molecule has 0 unspecified atom stereocenters. The number of allylic oxidation sites excluding steroid dienone is 1. The van der Waals surface area contributed by atoms with E-state index in [0.717, 1.165) is 24.0 Å². The molecule has 2 aromatic rings. The molecule has 1 saturated heterocycles. The third-order valence-electron chi connectivity index (χ3n) is 5.66. The minimum Gasteiger partial charge on any atom is -0.361 e. The first-order chi connectivity index (χ1) is 12.9. The Morgan fingerprint density at radius 2 is 2.15 bits per heavy atom. The van der Waals surface area contributed by atoms with Gasteiger partial charge < -0.3 is 4.98 Å². The first-order valence-electron chi connectivity index (χ1n) is 10.0. The van der Waals surface area contributed by atoms with Gasteiger partial charge in [-0.05, 0) is 69.3 Å². The van der Waals surface area contributed by atoms with Crippen LogP contribution in [0.1, 0.15) is 44.7 Å². The Hall–Kier alpha value is -1.59. The third kappa shape index (κ3) is 5.23. The van der Waals surface area contributed by atoms with E-state index < -0.39 is 9.84 Å². The average molecular weight is 389 g/mol. The van der Waals surface area contributed by atoms with Crippen molar-refractivity contribution in [3.05, 3.63) is 47.2 Å². The van der Waals surface area contributed by atoms with Crippen molar-refractivity contribution >= 4 is 20.7 Å². The summed E-state index contributed by atoms with van der Waals surface area (Å²) in [5, 5.41) is 1.25. The minimum absolute atomic E-state index is 0.216. The van der Waals surface area contributed by atoms with E-state index in [-0.39, 0.29) is 11.5 Å². The summed E-state index contributed by atoms with van der Waals surface area (Å²) >= 11 is 0. The highest BCUT2D eigenvalue weighted by atomic mass is 32.2. The topological polar surface area (TPSA) is 53.2 Å². The fourth-order valence-electron chi connectivity index (χ4n) is 3.89. The minimum atomic E-state index is -2.93. The smallest absolute Gasteiger partial charge is 0.150 e. The van der Waals surface area contributed by atoms with Crippen molar-refractivity contribution in [1.82, 2.24) is 9.88 Å². The summed E-state index contributed by atoms with van der Waals surface area (Å²) < 4.78 is 23.6. The van der Waals surface area contributed by atoms with Crippen molar-refractivity contribution < 1.29 is 8.42 Å². The Morgan fingerprint density at radius 3 is 2.89 bits per heavy atom. The summed E-state index contributed by atoms with van der Waals surface area (Å²) in [6.07, 6.45) is 8.61. The van der Waals surface area contributed by atoms with Crippen molar-refractivity contribution in [3.8, 4) is 0 Å². The third-order valence-corrected chi connectivity index (χ3v) is 7.37. The Kier molecular flexibility index (Phi) is 6.43. The summed E-state index contributed by atoms with van der Waals surface area (Å²) in [4.78, 5) is 5.98. The molecule has 4 nitrogen and oxygen atoms in total. The molecular weight excluding hydrogens is 356 g/mol. The molecule has 1 aromatic carbocycles. The molecule has 1 N–H and O–H groups in total. The highest BCUT2D eigenvalue weighted by Gasteiger charge is 2.24. The van der Waals surface area contributed by atoms with E-state index in [2.05, 4.69) is 48.1 Å². The van der Waals surface area contributed by atoms with Gasteiger partial charge in [0.25, 0.3) is 0 Å². The van der Waals surface area contributed by atoms with E-state index in [9.17, 15) is 8.42 Å². The van der Waals surface area contributed by atoms with Gasteiger partial charge in [0.15, 0.2) is 0 Å². The van der Waals surface area contributed by atoms with Gasteiger partial charge in [-0.25, -0.2) is 8.42 Å². The van der Waals surface area contributed by atoms with Crippen LogP contribution < -0.4 is 0 Å². The van der Waals surface area contributed by atoms with Crippen LogP contribution in [0.2, 0.25) is 0 Å². The number of nitrogens with zero attached hydrogens (tertiary/aromatic N) is 1. The standard InChI is InChI=1S/C22H32N2O2S/c1-4-27(25,26)13-10-18-7-8-22-21(14-18)19(16-23-22)15-20-6-5-11-24(20)12-9-17(2)3/h7-9,14,16,20,23H,4-6,10-13,15H2,1-3H3/t20-/m1/s1. The van der Waals surface area contributed by atoms with Crippen molar-refractivity contribution in [1.29, 1.82) is 0 Å². The monoisotopic (exact) mass is 388 g/mol. The molecule has 1 atom stereocenters. The van der Waals surface area contributed by atoms with Crippen LogP contribution in [-0.4, -0.2) is 48.9 Å². The maximum atomic E-state index is 11.8. The van der Waals surface area contributed by atoms with Gasteiger partial charge >= 0.3 is 0 Å². The van der Waals surface area contributed by atoms with Crippen LogP contribution >= 0.6 is 0 Å².